The van der Waals surface area contributed by atoms with Crippen molar-refractivity contribution < 1.29 is 28.1 Å². The maximum absolute atomic E-state index is 13.9. The van der Waals surface area contributed by atoms with Crippen LogP contribution in [0, 0.1) is 5.82 Å². The number of hydrogen-bond donors (Lipinski definition) is 0. The molecule has 9 heteroatoms. The fourth-order valence-electron chi connectivity index (χ4n) is 3.64. The molecule has 0 aliphatic carbocycles. The SMILES string of the molecule is CCOc1cc(/C=C2/SC(=S)N(c3ccc4c(c3)OCO4)C2=O)ccc1OCc1ccccc1F. The molecule has 0 unspecified atom stereocenters. The van der Waals surface area contributed by atoms with Gasteiger partial charge in [-0.25, -0.2) is 4.39 Å². The number of thioether (sulfide) groups is 1. The Morgan fingerprint density at radius 1 is 1.06 bits per heavy atom. The van der Waals surface area contributed by atoms with Gasteiger partial charge in [0.25, 0.3) is 5.91 Å². The Morgan fingerprint density at radius 3 is 2.71 bits per heavy atom. The minimum Gasteiger partial charge on any atom is -0.490 e. The average molecular weight is 510 g/mol. The second-order valence-electron chi connectivity index (χ2n) is 7.57. The molecule has 0 aromatic heterocycles. The zero-order valence-corrected chi connectivity index (χ0v) is 20.3. The highest BCUT2D eigenvalue weighted by Crippen LogP contribution is 2.41. The molecule has 0 saturated carbocycles. The summed E-state index contributed by atoms with van der Waals surface area (Å²) >= 11 is 6.70. The lowest BCUT2D eigenvalue weighted by Crippen LogP contribution is -2.27. The second kappa shape index (κ2) is 9.97. The first-order chi connectivity index (χ1) is 17.0. The maximum Gasteiger partial charge on any atom is 0.270 e. The number of halogens is 1. The van der Waals surface area contributed by atoms with Crippen LogP contribution < -0.4 is 23.8 Å². The quantitative estimate of drug-likeness (QED) is 0.289. The van der Waals surface area contributed by atoms with Crippen LogP contribution in [0.5, 0.6) is 23.0 Å². The van der Waals surface area contributed by atoms with Gasteiger partial charge in [0.1, 0.15) is 12.4 Å². The van der Waals surface area contributed by atoms with Gasteiger partial charge in [-0.2, -0.15) is 0 Å². The van der Waals surface area contributed by atoms with E-state index in [2.05, 4.69) is 0 Å². The van der Waals surface area contributed by atoms with Crippen molar-refractivity contribution in [3.05, 3.63) is 82.5 Å². The van der Waals surface area contributed by atoms with Crippen LogP contribution in [0.2, 0.25) is 0 Å². The number of carbonyl (C=O) groups is 1. The van der Waals surface area contributed by atoms with Crippen molar-refractivity contribution >= 4 is 46.0 Å². The maximum atomic E-state index is 13.9. The molecule has 1 amide bonds. The van der Waals surface area contributed by atoms with E-state index in [4.69, 9.17) is 31.2 Å². The monoisotopic (exact) mass is 509 g/mol. The summed E-state index contributed by atoms with van der Waals surface area (Å²) in [6.07, 6.45) is 1.76. The number of rotatable bonds is 7. The van der Waals surface area contributed by atoms with Gasteiger partial charge in [0.05, 0.1) is 17.2 Å². The summed E-state index contributed by atoms with van der Waals surface area (Å²) in [7, 11) is 0. The molecule has 2 heterocycles. The summed E-state index contributed by atoms with van der Waals surface area (Å²) in [5.41, 5.74) is 1.82. The third kappa shape index (κ3) is 4.82. The average Bonchev–Trinajstić information content (AvgIpc) is 3.43. The minimum atomic E-state index is -0.327. The number of thiocarbonyl (C=S) groups is 1. The van der Waals surface area contributed by atoms with E-state index in [1.165, 1.54) is 22.7 Å². The van der Waals surface area contributed by atoms with Gasteiger partial charge in [-0.05, 0) is 48.9 Å². The van der Waals surface area contributed by atoms with Gasteiger partial charge in [-0.1, -0.05) is 48.2 Å². The van der Waals surface area contributed by atoms with Crippen molar-refractivity contribution in [2.24, 2.45) is 0 Å². The molecule has 2 aliphatic rings. The summed E-state index contributed by atoms with van der Waals surface area (Å²) < 4.78 is 36.7. The number of hydrogen-bond acceptors (Lipinski definition) is 7. The van der Waals surface area contributed by atoms with E-state index in [-0.39, 0.29) is 25.1 Å². The third-order valence-electron chi connectivity index (χ3n) is 5.31. The molecular formula is C26H20FNO5S2. The van der Waals surface area contributed by atoms with Crippen molar-refractivity contribution in [2.45, 2.75) is 13.5 Å². The Kier molecular flexibility index (Phi) is 6.61. The first-order valence-corrected chi connectivity index (χ1v) is 12.1. The van der Waals surface area contributed by atoms with Gasteiger partial charge in [0.2, 0.25) is 6.79 Å². The van der Waals surface area contributed by atoms with Crippen LogP contribution in [-0.4, -0.2) is 23.6 Å². The standard InChI is InChI=1S/C26H20FNO5S2/c1-2-30-22-11-16(7-9-20(22)31-14-17-5-3-4-6-19(17)27)12-24-25(29)28(26(34)35-24)18-8-10-21-23(13-18)33-15-32-21/h3-13H,2,14-15H2,1H3/b24-12+. The van der Waals surface area contributed by atoms with Crippen LogP contribution in [0.25, 0.3) is 6.08 Å². The predicted molar refractivity (Wildman–Crippen MR) is 137 cm³/mol. The molecule has 178 valence electrons. The van der Waals surface area contributed by atoms with Crippen LogP contribution in [0.15, 0.2) is 65.6 Å². The molecule has 35 heavy (non-hydrogen) atoms. The molecule has 0 bridgehead atoms. The van der Waals surface area contributed by atoms with Gasteiger partial charge in [-0.3, -0.25) is 9.69 Å². The molecule has 0 radical (unpaired) electrons. The summed E-state index contributed by atoms with van der Waals surface area (Å²) in [5, 5.41) is 0. The lowest BCUT2D eigenvalue weighted by Gasteiger charge is -2.15. The highest BCUT2D eigenvalue weighted by Gasteiger charge is 2.34. The first-order valence-electron chi connectivity index (χ1n) is 10.8. The van der Waals surface area contributed by atoms with Crippen LogP contribution >= 0.6 is 24.0 Å². The molecule has 1 saturated heterocycles. The van der Waals surface area contributed by atoms with Gasteiger partial charge in [0, 0.05) is 11.6 Å². The summed E-state index contributed by atoms with van der Waals surface area (Å²) in [4.78, 5) is 15.1. The number of ether oxygens (including phenoxy) is 4. The Hall–Kier alpha value is -3.56. The Morgan fingerprint density at radius 2 is 1.89 bits per heavy atom. The molecule has 3 aromatic rings. The van der Waals surface area contributed by atoms with E-state index in [0.29, 0.717) is 50.1 Å². The molecule has 5 rings (SSSR count). The molecule has 0 N–H and O–H groups in total. The predicted octanol–water partition coefficient (Wildman–Crippen LogP) is 5.94. The lowest BCUT2D eigenvalue weighted by atomic mass is 10.1. The highest BCUT2D eigenvalue weighted by molar-refractivity contribution is 8.27. The largest absolute Gasteiger partial charge is 0.490 e. The number of carbonyl (C=O) groups excluding carboxylic acids is 1. The van der Waals surface area contributed by atoms with Crippen molar-refractivity contribution in [2.75, 3.05) is 18.3 Å². The van der Waals surface area contributed by atoms with Crippen LogP contribution in [0.3, 0.4) is 0 Å². The number of nitrogens with zero attached hydrogens (tertiary/aromatic N) is 1. The summed E-state index contributed by atoms with van der Waals surface area (Å²) in [5.74, 6) is 1.65. The molecule has 6 nitrogen and oxygen atoms in total. The zero-order chi connectivity index (χ0) is 24.4. The first kappa shape index (κ1) is 23.2. The molecule has 2 aliphatic heterocycles. The van der Waals surface area contributed by atoms with E-state index < -0.39 is 0 Å². The number of benzene rings is 3. The molecule has 1 fully saturated rings. The van der Waals surface area contributed by atoms with Gasteiger partial charge in [0.15, 0.2) is 27.3 Å². The van der Waals surface area contributed by atoms with Gasteiger partial charge >= 0.3 is 0 Å². The number of anilines is 1. The minimum absolute atomic E-state index is 0.0697. The van der Waals surface area contributed by atoms with E-state index in [1.807, 2.05) is 13.0 Å². The van der Waals surface area contributed by atoms with E-state index in [9.17, 15) is 9.18 Å². The number of fused-ring (bicyclic) bond motifs is 1. The highest BCUT2D eigenvalue weighted by atomic mass is 32.2. The van der Waals surface area contributed by atoms with Crippen LogP contribution in [-0.2, 0) is 11.4 Å². The normalized spacial score (nSPS) is 15.7. The Labute approximate surface area is 211 Å². The van der Waals surface area contributed by atoms with Crippen molar-refractivity contribution in [1.29, 1.82) is 0 Å². The van der Waals surface area contributed by atoms with E-state index in [1.54, 1.807) is 54.6 Å². The zero-order valence-electron chi connectivity index (χ0n) is 18.7. The van der Waals surface area contributed by atoms with Crippen LogP contribution in [0.4, 0.5) is 10.1 Å². The number of amides is 1. The Balaban J connectivity index is 1.36. The van der Waals surface area contributed by atoms with E-state index >= 15 is 0 Å². The molecule has 3 aromatic carbocycles. The lowest BCUT2D eigenvalue weighted by molar-refractivity contribution is -0.113. The van der Waals surface area contributed by atoms with Gasteiger partial charge < -0.3 is 18.9 Å². The van der Waals surface area contributed by atoms with E-state index in [0.717, 1.165) is 5.56 Å². The summed E-state index contributed by atoms with van der Waals surface area (Å²) in [6, 6.07) is 17.1. The van der Waals surface area contributed by atoms with Gasteiger partial charge in [-0.15, -0.1) is 0 Å². The third-order valence-corrected chi connectivity index (χ3v) is 6.62. The van der Waals surface area contributed by atoms with Crippen molar-refractivity contribution in [1.82, 2.24) is 0 Å². The topological polar surface area (TPSA) is 57.2 Å². The smallest absolute Gasteiger partial charge is 0.270 e. The molecular weight excluding hydrogens is 489 g/mol. The second-order valence-corrected chi connectivity index (χ2v) is 9.25. The molecule has 0 spiro atoms. The van der Waals surface area contributed by atoms with Crippen molar-refractivity contribution in [3.63, 3.8) is 0 Å². The Bertz CT molecular complexity index is 1340. The summed E-state index contributed by atoms with van der Waals surface area (Å²) in [6.45, 7) is 2.51. The fraction of sp³-hybridized carbons (Fsp3) is 0.154. The van der Waals surface area contributed by atoms with Crippen molar-refractivity contribution in [3.8, 4) is 23.0 Å². The van der Waals surface area contributed by atoms with Crippen LogP contribution in [0.1, 0.15) is 18.1 Å². The molecule has 0 atom stereocenters. The fourth-order valence-corrected chi connectivity index (χ4v) is 4.94.